The maximum Gasteiger partial charge on any atom is 0.340 e. The van der Waals surface area contributed by atoms with E-state index in [1.165, 1.54) is 19.2 Å². The van der Waals surface area contributed by atoms with Crippen molar-refractivity contribution in [2.24, 2.45) is 0 Å². The fourth-order valence-electron chi connectivity index (χ4n) is 1.77. The fourth-order valence-corrected chi connectivity index (χ4v) is 2.04. The maximum absolute atomic E-state index is 12.2. The van der Waals surface area contributed by atoms with E-state index in [2.05, 4.69) is 4.98 Å². The highest BCUT2D eigenvalue weighted by Gasteiger charge is 2.21. The highest BCUT2D eigenvalue weighted by molar-refractivity contribution is 6.41. The third-order valence-electron chi connectivity index (χ3n) is 3.02. The molecule has 0 aliphatic rings. The Morgan fingerprint density at radius 2 is 1.77 bits per heavy atom. The molecule has 1 aromatic heterocycles. The number of benzene rings is 1. The molecule has 1 heterocycles. The van der Waals surface area contributed by atoms with E-state index in [0.717, 1.165) is 5.56 Å². The van der Waals surface area contributed by atoms with E-state index < -0.39 is 12.1 Å². The number of carbonyl (C=O) groups is 2. The molecule has 4 nitrogen and oxygen atoms in total. The number of halogens is 2. The topological polar surface area (TPSA) is 56.3 Å². The summed E-state index contributed by atoms with van der Waals surface area (Å²) in [5.74, 6) is -0.958. The lowest BCUT2D eigenvalue weighted by Crippen LogP contribution is -2.24. The zero-order valence-electron chi connectivity index (χ0n) is 12.0. The monoisotopic (exact) mass is 337 g/mol. The van der Waals surface area contributed by atoms with E-state index in [0.29, 0.717) is 5.56 Å². The van der Waals surface area contributed by atoms with E-state index in [1.54, 1.807) is 12.1 Å². The van der Waals surface area contributed by atoms with Gasteiger partial charge in [0.15, 0.2) is 6.10 Å². The summed E-state index contributed by atoms with van der Waals surface area (Å²) in [7, 11) is 0. The number of aromatic nitrogens is 1. The van der Waals surface area contributed by atoms with E-state index in [1.807, 2.05) is 19.1 Å². The van der Waals surface area contributed by atoms with Gasteiger partial charge in [-0.15, -0.1) is 0 Å². The number of Topliss-reactive ketones (excluding diaryl/α,β-unsaturated/α-hetero) is 1. The molecule has 0 saturated carbocycles. The Morgan fingerprint density at radius 1 is 1.14 bits per heavy atom. The molecule has 0 amide bonds. The smallest absolute Gasteiger partial charge is 0.340 e. The number of pyridine rings is 1. The zero-order chi connectivity index (χ0) is 16.3. The van der Waals surface area contributed by atoms with Crippen LogP contribution in [0.3, 0.4) is 0 Å². The van der Waals surface area contributed by atoms with E-state index in [9.17, 15) is 9.59 Å². The number of ether oxygens (including phenoxy) is 1. The fraction of sp³-hybridized carbons (Fsp3) is 0.188. The maximum atomic E-state index is 12.2. The van der Waals surface area contributed by atoms with Gasteiger partial charge >= 0.3 is 5.97 Å². The molecule has 22 heavy (non-hydrogen) atoms. The summed E-state index contributed by atoms with van der Waals surface area (Å²) in [6, 6.07) is 8.39. The number of aryl methyl sites for hydroxylation is 1. The summed E-state index contributed by atoms with van der Waals surface area (Å²) in [6.45, 7) is 3.44. The van der Waals surface area contributed by atoms with Crippen molar-refractivity contribution in [2.75, 3.05) is 0 Å². The highest BCUT2D eigenvalue weighted by Crippen LogP contribution is 2.20. The van der Waals surface area contributed by atoms with Crippen molar-refractivity contribution in [3.8, 4) is 0 Å². The molecule has 0 saturated heterocycles. The minimum Gasteiger partial charge on any atom is -0.451 e. The van der Waals surface area contributed by atoms with Gasteiger partial charge < -0.3 is 4.74 Å². The lowest BCUT2D eigenvalue weighted by molar-refractivity contribution is 0.0318. The molecule has 2 aromatic rings. The van der Waals surface area contributed by atoms with Gasteiger partial charge in [-0.3, -0.25) is 4.79 Å². The minimum absolute atomic E-state index is 0.0991. The van der Waals surface area contributed by atoms with Crippen molar-refractivity contribution in [2.45, 2.75) is 20.0 Å². The van der Waals surface area contributed by atoms with E-state index in [4.69, 9.17) is 27.9 Å². The number of carbonyl (C=O) groups excluding carboxylic acids is 2. The van der Waals surface area contributed by atoms with Gasteiger partial charge in [0, 0.05) is 11.8 Å². The van der Waals surface area contributed by atoms with Gasteiger partial charge in [0.25, 0.3) is 0 Å². The van der Waals surface area contributed by atoms with Crippen LogP contribution in [0.1, 0.15) is 33.2 Å². The van der Waals surface area contributed by atoms with Gasteiger partial charge in [-0.05, 0) is 19.9 Å². The van der Waals surface area contributed by atoms with Crippen molar-refractivity contribution in [1.29, 1.82) is 0 Å². The first-order chi connectivity index (χ1) is 10.4. The summed E-state index contributed by atoms with van der Waals surface area (Å²) >= 11 is 11.5. The molecule has 0 fully saturated rings. The number of rotatable bonds is 4. The molecule has 0 spiro atoms. The molecule has 0 aliphatic carbocycles. The Kier molecular flexibility index (Phi) is 5.16. The van der Waals surface area contributed by atoms with Crippen LogP contribution < -0.4 is 0 Å². The molecule has 114 valence electrons. The second kappa shape index (κ2) is 6.90. The standard InChI is InChI=1S/C16H13Cl2NO3/c1-9-3-5-11(6-4-9)14(20)10(2)22-16(21)12-7-13(17)15(18)19-8-12/h3-8,10H,1-2H3/t10-/m1/s1. The molecule has 0 aliphatic heterocycles. The molecule has 0 N–H and O–H groups in total. The lowest BCUT2D eigenvalue weighted by Gasteiger charge is -2.12. The first-order valence-electron chi connectivity index (χ1n) is 6.51. The molecule has 0 radical (unpaired) electrons. The van der Waals surface area contributed by atoms with Crippen LogP contribution in [-0.2, 0) is 4.74 Å². The van der Waals surface area contributed by atoms with Gasteiger partial charge in [-0.25, -0.2) is 9.78 Å². The second-order valence-electron chi connectivity index (χ2n) is 4.77. The summed E-state index contributed by atoms with van der Waals surface area (Å²) in [5, 5.41) is 0.246. The Morgan fingerprint density at radius 3 is 2.36 bits per heavy atom. The van der Waals surface area contributed by atoms with Gasteiger partial charge in [0.1, 0.15) is 5.15 Å². The van der Waals surface area contributed by atoms with Gasteiger partial charge in [0.2, 0.25) is 5.78 Å². The summed E-state index contributed by atoms with van der Waals surface area (Å²) < 4.78 is 5.15. The lowest BCUT2D eigenvalue weighted by atomic mass is 10.1. The molecule has 1 atom stereocenters. The van der Waals surface area contributed by atoms with Crippen molar-refractivity contribution in [3.63, 3.8) is 0 Å². The van der Waals surface area contributed by atoms with Crippen LogP contribution in [0.2, 0.25) is 10.2 Å². The third kappa shape index (κ3) is 3.84. The largest absolute Gasteiger partial charge is 0.451 e. The van der Waals surface area contributed by atoms with Crippen LogP contribution in [0, 0.1) is 6.92 Å². The number of hydrogen-bond donors (Lipinski definition) is 0. The molecule has 2 rings (SSSR count). The Bertz CT molecular complexity index is 714. The Balaban J connectivity index is 2.08. The van der Waals surface area contributed by atoms with Crippen LogP contribution in [0.25, 0.3) is 0 Å². The zero-order valence-corrected chi connectivity index (χ0v) is 13.5. The Labute approximate surface area is 138 Å². The van der Waals surface area contributed by atoms with Crippen molar-refractivity contribution in [1.82, 2.24) is 4.98 Å². The SMILES string of the molecule is Cc1ccc(C(=O)[C@@H](C)OC(=O)c2cnc(Cl)c(Cl)c2)cc1. The molecule has 0 unspecified atom stereocenters. The van der Waals surface area contributed by atoms with Gasteiger partial charge in [-0.2, -0.15) is 0 Å². The predicted octanol–water partition coefficient (Wildman–Crippen LogP) is 4.13. The molecular weight excluding hydrogens is 325 g/mol. The molecule has 6 heteroatoms. The number of ketones is 1. The number of esters is 1. The van der Waals surface area contributed by atoms with E-state index >= 15 is 0 Å². The first kappa shape index (κ1) is 16.5. The molecule has 1 aromatic carbocycles. The average Bonchev–Trinajstić information content (AvgIpc) is 2.50. The highest BCUT2D eigenvalue weighted by atomic mass is 35.5. The van der Waals surface area contributed by atoms with Crippen molar-refractivity contribution >= 4 is 35.0 Å². The Hall–Kier alpha value is -1.91. The predicted molar refractivity (Wildman–Crippen MR) is 84.6 cm³/mol. The summed E-state index contributed by atoms with van der Waals surface area (Å²) in [4.78, 5) is 28.0. The first-order valence-corrected chi connectivity index (χ1v) is 7.27. The van der Waals surface area contributed by atoms with Crippen LogP contribution in [0.4, 0.5) is 0 Å². The number of hydrogen-bond acceptors (Lipinski definition) is 4. The van der Waals surface area contributed by atoms with Gasteiger partial charge in [0.05, 0.1) is 10.6 Å². The van der Waals surface area contributed by atoms with Crippen LogP contribution in [0.15, 0.2) is 36.5 Å². The van der Waals surface area contributed by atoms with Crippen molar-refractivity contribution < 1.29 is 14.3 Å². The third-order valence-corrected chi connectivity index (χ3v) is 3.71. The van der Waals surface area contributed by atoms with E-state index in [-0.39, 0.29) is 21.5 Å². The number of nitrogens with zero attached hydrogens (tertiary/aromatic N) is 1. The quantitative estimate of drug-likeness (QED) is 0.478. The minimum atomic E-state index is -0.912. The molecular formula is C16H13Cl2NO3. The van der Waals surface area contributed by atoms with Crippen LogP contribution >= 0.6 is 23.2 Å². The normalized spacial score (nSPS) is 11.8. The van der Waals surface area contributed by atoms with Crippen LogP contribution in [-0.4, -0.2) is 22.8 Å². The average molecular weight is 338 g/mol. The van der Waals surface area contributed by atoms with Crippen molar-refractivity contribution in [3.05, 3.63) is 63.4 Å². The van der Waals surface area contributed by atoms with Crippen LogP contribution in [0.5, 0.6) is 0 Å². The van der Waals surface area contributed by atoms with Gasteiger partial charge in [-0.1, -0.05) is 53.0 Å². The molecule has 0 bridgehead atoms. The summed E-state index contributed by atoms with van der Waals surface area (Å²) in [6.07, 6.45) is 0.337. The second-order valence-corrected chi connectivity index (χ2v) is 5.54. The summed E-state index contributed by atoms with van der Waals surface area (Å²) in [5.41, 5.74) is 1.67.